The van der Waals surface area contributed by atoms with Crippen LogP contribution in [0.15, 0.2) is 18.2 Å². The lowest BCUT2D eigenvalue weighted by atomic mass is 9.75. The molecule has 102 valence electrons. The highest BCUT2D eigenvalue weighted by Gasteiger charge is 2.35. The van der Waals surface area contributed by atoms with Crippen molar-refractivity contribution in [2.45, 2.75) is 13.8 Å². The van der Waals surface area contributed by atoms with Crippen LogP contribution in [0.2, 0.25) is 0 Å². The molecule has 1 fully saturated rings. The molecule has 1 aromatic rings. The first-order valence-electron chi connectivity index (χ1n) is 5.98. The standard InChI is InChI=1S/C12H16BNO5/c1-12(2)7-18-13(19-8-12)10-5-4-9(14(15)16)6-11(10)17-3/h4-6H,7-8H2,1-3H3. The summed E-state index contributed by atoms with van der Waals surface area (Å²) in [5, 5.41) is 10.7. The van der Waals surface area contributed by atoms with Crippen molar-refractivity contribution in [2.75, 3.05) is 20.3 Å². The van der Waals surface area contributed by atoms with Crippen LogP contribution in [0, 0.1) is 15.5 Å². The van der Waals surface area contributed by atoms with Gasteiger partial charge in [0.2, 0.25) is 0 Å². The molecular weight excluding hydrogens is 249 g/mol. The monoisotopic (exact) mass is 265 g/mol. The van der Waals surface area contributed by atoms with Crippen LogP contribution in [0.5, 0.6) is 5.75 Å². The molecule has 0 radical (unpaired) electrons. The topological polar surface area (TPSA) is 70.8 Å². The van der Waals surface area contributed by atoms with Gasteiger partial charge < -0.3 is 14.0 Å². The Morgan fingerprint density at radius 2 is 2.00 bits per heavy atom. The number of non-ortho nitro benzene ring substituents is 1. The van der Waals surface area contributed by atoms with E-state index in [0.717, 1.165) is 0 Å². The molecule has 7 heteroatoms. The Bertz CT molecular complexity index is 481. The maximum Gasteiger partial charge on any atom is 0.497 e. The van der Waals surface area contributed by atoms with E-state index in [1.54, 1.807) is 6.07 Å². The Labute approximate surface area is 112 Å². The number of nitrogens with zero attached hydrogens (tertiary/aromatic N) is 1. The maximum atomic E-state index is 10.7. The highest BCUT2D eigenvalue weighted by Crippen LogP contribution is 2.24. The quantitative estimate of drug-likeness (QED) is 0.469. The van der Waals surface area contributed by atoms with Gasteiger partial charge in [0.1, 0.15) is 5.75 Å². The molecule has 0 N–H and O–H groups in total. The van der Waals surface area contributed by atoms with Crippen molar-refractivity contribution < 1.29 is 19.0 Å². The number of hydrogen-bond acceptors (Lipinski definition) is 5. The Balaban J connectivity index is 2.23. The summed E-state index contributed by atoms with van der Waals surface area (Å²) in [7, 11) is 0.929. The highest BCUT2D eigenvalue weighted by molar-refractivity contribution is 6.62. The van der Waals surface area contributed by atoms with Crippen LogP contribution in [0.25, 0.3) is 0 Å². The van der Waals surface area contributed by atoms with Gasteiger partial charge in [0.15, 0.2) is 0 Å². The van der Waals surface area contributed by atoms with E-state index in [-0.39, 0.29) is 11.1 Å². The fourth-order valence-electron chi connectivity index (χ4n) is 1.88. The third-order valence-corrected chi connectivity index (χ3v) is 2.93. The molecule has 0 aliphatic carbocycles. The molecule has 0 aromatic heterocycles. The van der Waals surface area contributed by atoms with E-state index in [0.29, 0.717) is 24.4 Å². The molecule has 0 bridgehead atoms. The number of methoxy groups -OCH3 is 1. The fourth-order valence-corrected chi connectivity index (χ4v) is 1.88. The van der Waals surface area contributed by atoms with E-state index in [1.807, 2.05) is 0 Å². The predicted molar refractivity (Wildman–Crippen MR) is 70.7 cm³/mol. The van der Waals surface area contributed by atoms with Gasteiger partial charge in [0.25, 0.3) is 5.69 Å². The van der Waals surface area contributed by atoms with Crippen LogP contribution in [-0.4, -0.2) is 32.4 Å². The Hall–Kier alpha value is -1.60. The number of nitro groups is 1. The Kier molecular flexibility index (Phi) is 3.77. The Morgan fingerprint density at radius 1 is 1.37 bits per heavy atom. The lowest BCUT2D eigenvalue weighted by Gasteiger charge is -2.33. The summed E-state index contributed by atoms with van der Waals surface area (Å²) in [4.78, 5) is 10.3. The van der Waals surface area contributed by atoms with Gasteiger partial charge in [-0.3, -0.25) is 10.1 Å². The first kappa shape index (κ1) is 13.8. The van der Waals surface area contributed by atoms with E-state index in [9.17, 15) is 10.1 Å². The SMILES string of the molecule is COc1cc([N+](=O)[O-])ccc1B1OCC(C)(C)CO1. The first-order chi connectivity index (χ1) is 8.93. The number of ether oxygens (including phenoxy) is 1. The predicted octanol–water partition coefficient (Wildman–Crippen LogP) is 1.37. The highest BCUT2D eigenvalue weighted by atomic mass is 16.6. The summed E-state index contributed by atoms with van der Waals surface area (Å²) in [6, 6.07) is 4.41. The zero-order chi connectivity index (χ0) is 14.0. The Morgan fingerprint density at radius 3 is 2.53 bits per heavy atom. The zero-order valence-corrected chi connectivity index (χ0v) is 11.2. The van der Waals surface area contributed by atoms with Crippen LogP contribution in [0.1, 0.15) is 13.8 Å². The van der Waals surface area contributed by atoms with Crippen LogP contribution in [0.4, 0.5) is 5.69 Å². The van der Waals surface area contributed by atoms with Crippen molar-refractivity contribution in [3.05, 3.63) is 28.3 Å². The molecular formula is C12H16BNO5. The fraction of sp³-hybridized carbons (Fsp3) is 0.500. The molecule has 1 aliphatic heterocycles. The second-order valence-corrected chi connectivity index (χ2v) is 5.30. The molecule has 1 saturated heterocycles. The molecule has 1 aromatic carbocycles. The smallest absolute Gasteiger partial charge is 0.497 e. The van der Waals surface area contributed by atoms with Crippen LogP contribution >= 0.6 is 0 Å². The van der Waals surface area contributed by atoms with E-state index in [4.69, 9.17) is 14.0 Å². The molecule has 1 heterocycles. The second-order valence-electron chi connectivity index (χ2n) is 5.30. The molecule has 0 atom stereocenters. The van der Waals surface area contributed by atoms with E-state index < -0.39 is 12.0 Å². The summed E-state index contributed by atoms with van der Waals surface area (Å²) in [6.07, 6.45) is 0. The molecule has 6 nitrogen and oxygen atoms in total. The molecule has 0 amide bonds. The van der Waals surface area contributed by atoms with Gasteiger partial charge in [0, 0.05) is 30.2 Å². The van der Waals surface area contributed by atoms with Gasteiger partial charge in [-0.25, -0.2) is 0 Å². The van der Waals surface area contributed by atoms with Gasteiger partial charge >= 0.3 is 7.12 Å². The van der Waals surface area contributed by atoms with Crippen molar-refractivity contribution in [1.82, 2.24) is 0 Å². The largest absolute Gasteiger partial charge is 0.497 e. The van der Waals surface area contributed by atoms with Crippen molar-refractivity contribution in [2.24, 2.45) is 5.41 Å². The molecule has 0 unspecified atom stereocenters. The number of benzene rings is 1. The van der Waals surface area contributed by atoms with Crippen molar-refractivity contribution in [3.63, 3.8) is 0 Å². The minimum absolute atomic E-state index is 0.0169. The molecule has 0 saturated carbocycles. The van der Waals surface area contributed by atoms with Gasteiger partial charge in [-0.2, -0.15) is 0 Å². The average Bonchev–Trinajstić information content (AvgIpc) is 2.38. The van der Waals surface area contributed by atoms with Crippen LogP contribution in [0.3, 0.4) is 0 Å². The summed E-state index contributed by atoms with van der Waals surface area (Å²) < 4.78 is 16.5. The minimum Gasteiger partial charge on any atom is -0.497 e. The van der Waals surface area contributed by atoms with Crippen molar-refractivity contribution >= 4 is 18.3 Å². The van der Waals surface area contributed by atoms with Gasteiger partial charge in [-0.05, 0) is 0 Å². The lowest BCUT2D eigenvalue weighted by Crippen LogP contribution is -2.47. The minimum atomic E-state index is -0.538. The van der Waals surface area contributed by atoms with Crippen molar-refractivity contribution in [3.8, 4) is 5.75 Å². The summed E-state index contributed by atoms with van der Waals surface area (Å²) >= 11 is 0. The maximum absolute atomic E-state index is 10.7. The number of hydrogen-bond donors (Lipinski definition) is 0. The van der Waals surface area contributed by atoms with Crippen LogP contribution < -0.4 is 10.2 Å². The third-order valence-electron chi connectivity index (χ3n) is 2.93. The van der Waals surface area contributed by atoms with E-state index in [1.165, 1.54) is 19.2 Å². The zero-order valence-electron chi connectivity index (χ0n) is 11.2. The molecule has 1 aliphatic rings. The second kappa shape index (κ2) is 5.18. The van der Waals surface area contributed by atoms with Gasteiger partial charge in [-0.15, -0.1) is 0 Å². The van der Waals surface area contributed by atoms with E-state index >= 15 is 0 Å². The van der Waals surface area contributed by atoms with Crippen molar-refractivity contribution in [1.29, 1.82) is 0 Å². The summed E-state index contributed by atoms with van der Waals surface area (Å²) in [6.45, 7) is 5.24. The third kappa shape index (κ3) is 3.05. The molecule has 2 rings (SSSR count). The average molecular weight is 265 g/mol. The van der Waals surface area contributed by atoms with Crippen LogP contribution in [-0.2, 0) is 9.31 Å². The molecule has 19 heavy (non-hydrogen) atoms. The number of rotatable bonds is 3. The van der Waals surface area contributed by atoms with Gasteiger partial charge in [0.05, 0.1) is 18.1 Å². The summed E-state index contributed by atoms with van der Waals surface area (Å²) in [5.74, 6) is 0.402. The summed E-state index contributed by atoms with van der Waals surface area (Å²) in [5.41, 5.74) is 0.630. The van der Waals surface area contributed by atoms with Gasteiger partial charge in [-0.1, -0.05) is 19.9 Å². The number of nitro benzene ring substituents is 1. The lowest BCUT2D eigenvalue weighted by molar-refractivity contribution is -0.384. The molecule has 0 spiro atoms. The normalized spacial score (nSPS) is 18.2. The first-order valence-corrected chi connectivity index (χ1v) is 5.98. The van der Waals surface area contributed by atoms with E-state index in [2.05, 4.69) is 13.8 Å².